The first-order valence-corrected chi connectivity index (χ1v) is 13.0. The second-order valence-corrected chi connectivity index (χ2v) is 8.68. The zero-order valence-electron chi connectivity index (χ0n) is 23.9. The number of aryl methyl sites for hydroxylation is 2. The van der Waals surface area contributed by atoms with Crippen molar-refractivity contribution in [2.24, 2.45) is 17.4 Å². The van der Waals surface area contributed by atoms with Crippen molar-refractivity contribution in [1.29, 1.82) is 0 Å². The molecular weight excluding hydrogens is 468 g/mol. The van der Waals surface area contributed by atoms with E-state index in [2.05, 4.69) is 13.8 Å². The molecule has 37 heavy (non-hydrogen) atoms. The van der Waals surface area contributed by atoms with Crippen molar-refractivity contribution in [2.75, 3.05) is 28.4 Å². The zero-order valence-corrected chi connectivity index (χ0v) is 23.9. The van der Waals surface area contributed by atoms with E-state index in [1.807, 2.05) is 26.0 Å². The number of hydrogen-bond acceptors (Lipinski definition) is 7. The molecule has 7 heteroatoms. The summed E-state index contributed by atoms with van der Waals surface area (Å²) < 4.78 is 21.9. The van der Waals surface area contributed by atoms with Crippen LogP contribution in [-0.2, 0) is 12.8 Å². The average Bonchev–Trinajstić information content (AvgIpc) is 3.20. The third kappa shape index (κ3) is 8.34. The van der Waals surface area contributed by atoms with Gasteiger partial charge in [-0.3, -0.25) is 4.79 Å². The Morgan fingerprint density at radius 2 is 1.57 bits per heavy atom. The standard InChI is InChI=1S/C20H22O5.C8H18N2.C2H6/c1-22-16-9-8-14-12(10-15(16)21)6-5-7-13-11-17(23-2)19(24-3)20(25-4)18(13)14;1-3-7(2)4-5-8(10)6-9;1-2/h8-11H,5-7H2,1-4H3;6-7H,3-5,9-10H2,1-2H3;1-2H3/b;8-6-;. The molecule has 0 spiro atoms. The number of benzene rings is 1. The molecule has 206 valence electrons. The van der Waals surface area contributed by atoms with Crippen molar-refractivity contribution in [3.05, 3.63) is 57.5 Å². The minimum Gasteiger partial charge on any atom is -0.493 e. The summed E-state index contributed by atoms with van der Waals surface area (Å²) in [6.07, 6.45) is 7.41. The highest BCUT2D eigenvalue weighted by molar-refractivity contribution is 5.82. The van der Waals surface area contributed by atoms with Gasteiger partial charge in [-0.15, -0.1) is 0 Å². The quantitative estimate of drug-likeness (QED) is 0.456. The molecule has 0 aromatic heterocycles. The fraction of sp³-hybridized carbons (Fsp3) is 0.500. The second kappa shape index (κ2) is 16.4. The molecule has 0 saturated heterocycles. The maximum absolute atomic E-state index is 12.3. The van der Waals surface area contributed by atoms with Crippen molar-refractivity contribution in [3.8, 4) is 34.1 Å². The van der Waals surface area contributed by atoms with Crippen LogP contribution in [0, 0.1) is 5.92 Å². The summed E-state index contributed by atoms with van der Waals surface area (Å²) in [5.74, 6) is 2.91. The minimum absolute atomic E-state index is 0.119. The molecule has 0 fully saturated rings. The topological polar surface area (TPSA) is 106 Å². The normalized spacial score (nSPS) is 12.7. The molecule has 1 unspecified atom stereocenters. The number of methoxy groups -OCH3 is 4. The van der Waals surface area contributed by atoms with Crippen LogP contribution in [0.1, 0.15) is 64.5 Å². The molecule has 7 nitrogen and oxygen atoms in total. The van der Waals surface area contributed by atoms with Crippen molar-refractivity contribution in [2.45, 2.75) is 66.2 Å². The van der Waals surface area contributed by atoms with Crippen LogP contribution in [-0.4, -0.2) is 28.4 Å². The molecule has 3 rings (SSSR count). The lowest BCUT2D eigenvalue weighted by Gasteiger charge is -2.19. The van der Waals surface area contributed by atoms with Crippen LogP contribution in [0.5, 0.6) is 23.0 Å². The predicted octanol–water partition coefficient (Wildman–Crippen LogP) is 5.83. The Morgan fingerprint density at radius 3 is 2.11 bits per heavy atom. The summed E-state index contributed by atoms with van der Waals surface area (Å²) in [5, 5.41) is 0. The third-order valence-corrected chi connectivity index (χ3v) is 6.43. The molecule has 0 aliphatic heterocycles. The molecule has 4 N–H and O–H groups in total. The maximum Gasteiger partial charge on any atom is 0.220 e. The van der Waals surface area contributed by atoms with Gasteiger partial charge < -0.3 is 30.4 Å². The Balaban J connectivity index is 0.000000483. The summed E-state index contributed by atoms with van der Waals surface area (Å²) in [4.78, 5) is 12.3. The molecule has 0 heterocycles. The number of ether oxygens (including phenoxy) is 4. The van der Waals surface area contributed by atoms with Crippen LogP contribution in [0.25, 0.3) is 11.1 Å². The average molecular weight is 515 g/mol. The van der Waals surface area contributed by atoms with Crippen LogP contribution in [0.3, 0.4) is 0 Å². The van der Waals surface area contributed by atoms with E-state index in [9.17, 15) is 4.79 Å². The van der Waals surface area contributed by atoms with Gasteiger partial charge in [-0.05, 0) is 72.9 Å². The smallest absolute Gasteiger partial charge is 0.220 e. The summed E-state index contributed by atoms with van der Waals surface area (Å²) in [6.45, 7) is 8.41. The zero-order chi connectivity index (χ0) is 28.0. The maximum atomic E-state index is 12.3. The van der Waals surface area contributed by atoms with Gasteiger partial charge >= 0.3 is 0 Å². The summed E-state index contributed by atoms with van der Waals surface area (Å²) in [6, 6.07) is 7.30. The number of rotatable bonds is 8. The van der Waals surface area contributed by atoms with E-state index in [0.717, 1.165) is 66.0 Å². The number of hydrogen-bond donors (Lipinski definition) is 2. The Hall–Kier alpha value is -3.35. The highest BCUT2D eigenvalue weighted by Crippen LogP contribution is 2.48. The first-order valence-electron chi connectivity index (χ1n) is 13.0. The lowest BCUT2D eigenvalue weighted by atomic mass is 9.96. The lowest BCUT2D eigenvalue weighted by Crippen LogP contribution is -2.03. The SMILES string of the molecule is CC.CCC(C)CC/C(N)=C/N.COc1cc2c(c(OC)c1OC)-c1ccc(OC)c(=O)cc1CCC2. The van der Waals surface area contributed by atoms with E-state index in [1.165, 1.54) is 19.7 Å². The molecule has 2 aromatic carbocycles. The van der Waals surface area contributed by atoms with Gasteiger partial charge in [0.25, 0.3) is 0 Å². The molecule has 1 atom stereocenters. The molecule has 0 bridgehead atoms. The summed E-state index contributed by atoms with van der Waals surface area (Å²) >= 11 is 0. The van der Waals surface area contributed by atoms with Crippen LogP contribution in [0.4, 0.5) is 0 Å². The van der Waals surface area contributed by atoms with Crippen LogP contribution in [0.15, 0.2) is 41.0 Å². The van der Waals surface area contributed by atoms with Crippen molar-refractivity contribution < 1.29 is 18.9 Å². The molecule has 0 saturated carbocycles. The van der Waals surface area contributed by atoms with Crippen molar-refractivity contribution in [3.63, 3.8) is 0 Å². The van der Waals surface area contributed by atoms with Crippen LogP contribution < -0.4 is 35.8 Å². The third-order valence-electron chi connectivity index (χ3n) is 6.43. The molecule has 0 radical (unpaired) electrons. The largest absolute Gasteiger partial charge is 0.493 e. The van der Waals surface area contributed by atoms with E-state index in [1.54, 1.807) is 33.5 Å². The van der Waals surface area contributed by atoms with Gasteiger partial charge in [-0.25, -0.2) is 0 Å². The monoisotopic (exact) mass is 514 g/mol. The predicted molar refractivity (Wildman–Crippen MR) is 153 cm³/mol. The van der Waals surface area contributed by atoms with Gasteiger partial charge in [0, 0.05) is 17.5 Å². The Kier molecular flexibility index (Phi) is 14.0. The molecule has 0 amide bonds. The van der Waals surface area contributed by atoms with E-state index >= 15 is 0 Å². The number of fused-ring (bicyclic) bond motifs is 3. The molecular formula is C30H46N2O5. The molecule has 2 aromatic rings. The molecule has 1 aliphatic rings. The van der Waals surface area contributed by atoms with Gasteiger partial charge in [0.05, 0.1) is 28.4 Å². The van der Waals surface area contributed by atoms with E-state index in [0.29, 0.717) is 23.0 Å². The van der Waals surface area contributed by atoms with E-state index < -0.39 is 0 Å². The minimum atomic E-state index is -0.119. The number of nitrogens with two attached hydrogens (primary N) is 2. The fourth-order valence-corrected chi connectivity index (χ4v) is 4.14. The van der Waals surface area contributed by atoms with Crippen LogP contribution >= 0.6 is 0 Å². The first kappa shape index (κ1) is 31.7. The highest BCUT2D eigenvalue weighted by Gasteiger charge is 2.25. The van der Waals surface area contributed by atoms with Gasteiger partial charge in [-0.2, -0.15) is 0 Å². The lowest BCUT2D eigenvalue weighted by molar-refractivity contribution is 0.324. The van der Waals surface area contributed by atoms with Crippen molar-refractivity contribution in [1.82, 2.24) is 0 Å². The fourth-order valence-electron chi connectivity index (χ4n) is 4.14. The van der Waals surface area contributed by atoms with E-state index in [4.69, 9.17) is 30.4 Å². The first-order chi connectivity index (χ1) is 17.8. The summed E-state index contributed by atoms with van der Waals surface area (Å²) in [5.41, 5.74) is 15.4. The summed E-state index contributed by atoms with van der Waals surface area (Å²) in [7, 11) is 6.33. The van der Waals surface area contributed by atoms with Crippen LogP contribution in [0.2, 0.25) is 0 Å². The van der Waals surface area contributed by atoms with Gasteiger partial charge in [0.15, 0.2) is 17.2 Å². The second-order valence-electron chi connectivity index (χ2n) is 8.68. The highest BCUT2D eigenvalue weighted by atomic mass is 16.5. The molecule has 1 aliphatic carbocycles. The van der Waals surface area contributed by atoms with Gasteiger partial charge in [0.1, 0.15) is 0 Å². The Labute approximate surface area is 222 Å². The van der Waals surface area contributed by atoms with E-state index in [-0.39, 0.29) is 5.43 Å². The number of allylic oxidation sites excluding steroid dienone is 1. The van der Waals surface area contributed by atoms with Gasteiger partial charge in [-0.1, -0.05) is 40.2 Å². The van der Waals surface area contributed by atoms with Gasteiger partial charge in [0.2, 0.25) is 11.2 Å². The van der Waals surface area contributed by atoms with Crippen molar-refractivity contribution >= 4 is 0 Å². The Morgan fingerprint density at radius 1 is 0.946 bits per heavy atom. The Bertz CT molecular complexity index is 1080.